The van der Waals surface area contributed by atoms with Crippen molar-refractivity contribution in [2.75, 3.05) is 7.05 Å². The third-order valence-corrected chi connectivity index (χ3v) is 3.88. The van der Waals surface area contributed by atoms with Gasteiger partial charge in [-0.1, -0.05) is 6.92 Å². The average Bonchev–Trinajstić information content (AvgIpc) is 2.33. The second-order valence-electron chi connectivity index (χ2n) is 5.30. The largest absolute Gasteiger partial charge is 0.299 e. The van der Waals surface area contributed by atoms with E-state index in [-0.39, 0.29) is 5.82 Å². The van der Waals surface area contributed by atoms with Gasteiger partial charge in [0.05, 0.1) is 6.20 Å². The molecule has 0 saturated heterocycles. The van der Waals surface area contributed by atoms with Gasteiger partial charge < -0.3 is 0 Å². The van der Waals surface area contributed by atoms with Crippen molar-refractivity contribution in [1.82, 2.24) is 9.88 Å². The van der Waals surface area contributed by atoms with Crippen LogP contribution in [0.3, 0.4) is 0 Å². The van der Waals surface area contributed by atoms with Crippen LogP contribution in [0.1, 0.15) is 38.2 Å². The van der Waals surface area contributed by atoms with Crippen LogP contribution in [-0.2, 0) is 6.54 Å². The molecule has 0 spiro atoms. The molecule has 0 atom stereocenters. The van der Waals surface area contributed by atoms with Gasteiger partial charge in [-0.05, 0) is 44.7 Å². The SMILES string of the molecule is CC1CCC(N(C)Cc2ccncc2F)CC1. The van der Waals surface area contributed by atoms with Gasteiger partial charge in [0.1, 0.15) is 5.82 Å². The summed E-state index contributed by atoms with van der Waals surface area (Å²) >= 11 is 0. The Hall–Kier alpha value is -0.960. The lowest BCUT2D eigenvalue weighted by atomic mass is 9.86. The summed E-state index contributed by atoms with van der Waals surface area (Å²) in [5.74, 6) is 0.667. The first-order valence-corrected chi connectivity index (χ1v) is 6.45. The minimum absolute atomic E-state index is 0.191. The van der Waals surface area contributed by atoms with Gasteiger partial charge >= 0.3 is 0 Å². The number of hydrogen-bond donors (Lipinski definition) is 0. The Bertz CT molecular complexity index is 359. The maximum absolute atomic E-state index is 13.5. The molecule has 0 aromatic carbocycles. The number of nitrogens with zero attached hydrogens (tertiary/aromatic N) is 2. The summed E-state index contributed by atoms with van der Waals surface area (Å²) in [6.45, 7) is 3.01. The number of pyridine rings is 1. The van der Waals surface area contributed by atoms with E-state index in [1.165, 1.54) is 31.9 Å². The Kier molecular flexibility index (Phi) is 4.11. The fourth-order valence-electron chi connectivity index (χ4n) is 2.61. The van der Waals surface area contributed by atoms with Crippen molar-refractivity contribution in [3.63, 3.8) is 0 Å². The maximum Gasteiger partial charge on any atom is 0.145 e. The summed E-state index contributed by atoms with van der Waals surface area (Å²) in [4.78, 5) is 6.06. The van der Waals surface area contributed by atoms with Gasteiger partial charge in [-0.25, -0.2) is 4.39 Å². The van der Waals surface area contributed by atoms with E-state index in [1.807, 2.05) is 0 Å². The molecule has 1 heterocycles. The Morgan fingerprint density at radius 3 is 2.71 bits per heavy atom. The molecule has 2 rings (SSSR count). The van der Waals surface area contributed by atoms with Crippen molar-refractivity contribution in [3.05, 3.63) is 29.8 Å². The van der Waals surface area contributed by atoms with Crippen LogP contribution in [-0.4, -0.2) is 23.0 Å². The van der Waals surface area contributed by atoms with Gasteiger partial charge in [-0.15, -0.1) is 0 Å². The molecular formula is C14H21FN2. The lowest BCUT2D eigenvalue weighted by Gasteiger charge is -2.33. The Morgan fingerprint density at radius 1 is 1.35 bits per heavy atom. The van der Waals surface area contributed by atoms with E-state index >= 15 is 0 Å². The van der Waals surface area contributed by atoms with Gasteiger partial charge in [0.15, 0.2) is 0 Å². The Morgan fingerprint density at radius 2 is 2.06 bits per heavy atom. The van der Waals surface area contributed by atoms with E-state index < -0.39 is 0 Å². The second kappa shape index (κ2) is 5.58. The van der Waals surface area contributed by atoms with Crippen LogP contribution in [0.15, 0.2) is 18.5 Å². The lowest BCUT2D eigenvalue weighted by Crippen LogP contribution is -2.34. The normalized spacial score (nSPS) is 25.2. The molecule has 2 nitrogen and oxygen atoms in total. The molecule has 1 aromatic rings. The molecule has 1 saturated carbocycles. The van der Waals surface area contributed by atoms with Crippen molar-refractivity contribution in [1.29, 1.82) is 0 Å². The van der Waals surface area contributed by atoms with Crippen LogP contribution in [0.2, 0.25) is 0 Å². The van der Waals surface area contributed by atoms with Crippen LogP contribution in [0, 0.1) is 11.7 Å². The van der Waals surface area contributed by atoms with Gasteiger partial charge in [-0.2, -0.15) is 0 Å². The van der Waals surface area contributed by atoms with Crippen molar-refractivity contribution >= 4 is 0 Å². The van der Waals surface area contributed by atoms with E-state index in [1.54, 1.807) is 12.3 Å². The minimum atomic E-state index is -0.191. The molecule has 17 heavy (non-hydrogen) atoms. The summed E-state index contributed by atoms with van der Waals surface area (Å²) in [6.07, 6.45) is 8.04. The predicted octanol–water partition coefficient (Wildman–Crippen LogP) is 3.23. The monoisotopic (exact) mass is 236 g/mol. The molecular weight excluding hydrogens is 215 g/mol. The van der Waals surface area contributed by atoms with E-state index in [0.717, 1.165) is 11.5 Å². The molecule has 0 radical (unpaired) electrons. The predicted molar refractivity (Wildman–Crippen MR) is 67.1 cm³/mol. The van der Waals surface area contributed by atoms with Crippen LogP contribution in [0.5, 0.6) is 0 Å². The lowest BCUT2D eigenvalue weighted by molar-refractivity contribution is 0.162. The molecule has 1 fully saturated rings. The number of aromatic nitrogens is 1. The molecule has 0 unspecified atom stereocenters. The zero-order valence-corrected chi connectivity index (χ0v) is 10.7. The van der Waals surface area contributed by atoms with E-state index in [2.05, 4.69) is 23.9 Å². The first-order valence-electron chi connectivity index (χ1n) is 6.45. The van der Waals surface area contributed by atoms with Crippen LogP contribution < -0.4 is 0 Å². The highest BCUT2D eigenvalue weighted by Crippen LogP contribution is 2.27. The number of hydrogen-bond acceptors (Lipinski definition) is 2. The molecule has 94 valence electrons. The third kappa shape index (κ3) is 3.25. The Balaban J connectivity index is 1.93. The molecule has 1 aromatic heterocycles. The summed E-state index contributed by atoms with van der Waals surface area (Å²) in [5.41, 5.74) is 0.751. The zero-order chi connectivity index (χ0) is 12.3. The van der Waals surface area contributed by atoms with Gasteiger partial charge in [0.2, 0.25) is 0 Å². The average molecular weight is 236 g/mol. The third-order valence-electron chi connectivity index (χ3n) is 3.88. The van der Waals surface area contributed by atoms with E-state index in [0.29, 0.717) is 12.6 Å². The minimum Gasteiger partial charge on any atom is -0.299 e. The highest BCUT2D eigenvalue weighted by Gasteiger charge is 2.22. The van der Waals surface area contributed by atoms with Crippen molar-refractivity contribution < 1.29 is 4.39 Å². The topological polar surface area (TPSA) is 16.1 Å². The highest BCUT2D eigenvalue weighted by molar-refractivity contribution is 5.12. The first kappa shape index (κ1) is 12.5. The molecule has 1 aliphatic rings. The fraction of sp³-hybridized carbons (Fsp3) is 0.643. The quantitative estimate of drug-likeness (QED) is 0.801. The van der Waals surface area contributed by atoms with Crippen molar-refractivity contribution in [3.8, 4) is 0 Å². The van der Waals surface area contributed by atoms with Crippen LogP contribution >= 0.6 is 0 Å². The number of halogens is 1. The Labute approximate surface area is 103 Å². The molecule has 0 aliphatic heterocycles. The number of rotatable bonds is 3. The molecule has 1 aliphatic carbocycles. The molecule has 3 heteroatoms. The summed E-state index contributed by atoms with van der Waals surface area (Å²) in [5, 5.41) is 0. The summed E-state index contributed by atoms with van der Waals surface area (Å²) in [6, 6.07) is 2.39. The fourth-order valence-corrected chi connectivity index (χ4v) is 2.61. The van der Waals surface area contributed by atoms with Crippen molar-refractivity contribution in [2.45, 2.75) is 45.2 Å². The standard InChI is InChI=1S/C14H21FN2/c1-11-3-5-13(6-4-11)17(2)10-12-7-8-16-9-14(12)15/h7-9,11,13H,3-6,10H2,1-2H3. The first-order chi connectivity index (χ1) is 8.16. The van der Waals surface area contributed by atoms with Gasteiger partial charge in [0.25, 0.3) is 0 Å². The molecule has 0 amide bonds. The zero-order valence-electron chi connectivity index (χ0n) is 10.7. The van der Waals surface area contributed by atoms with Crippen LogP contribution in [0.4, 0.5) is 4.39 Å². The van der Waals surface area contributed by atoms with Crippen molar-refractivity contribution in [2.24, 2.45) is 5.92 Å². The summed E-state index contributed by atoms with van der Waals surface area (Å²) in [7, 11) is 2.10. The molecule has 0 bridgehead atoms. The second-order valence-corrected chi connectivity index (χ2v) is 5.30. The van der Waals surface area contributed by atoms with Gasteiger partial charge in [-0.3, -0.25) is 9.88 Å². The highest BCUT2D eigenvalue weighted by atomic mass is 19.1. The maximum atomic E-state index is 13.5. The van der Waals surface area contributed by atoms with E-state index in [4.69, 9.17) is 0 Å². The van der Waals surface area contributed by atoms with Crippen LogP contribution in [0.25, 0.3) is 0 Å². The van der Waals surface area contributed by atoms with E-state index in [9.17, 15) is 4.39 Å². The molecule has 0 N–H and O–H groups in total. The summed E-state index contributed by atoms with van der Waals surface area (Å²) < 4.78 is 13.5. The van der Waals surface area contributed by atoms with Gasteiger partial charge in [0, 0.05) is 24.3 Å². The smallest absolute Gasteiger partial charge is 0.145 e.